The number of thiazole rings is 1. The standard InChI is InChI=1S/C22H15Cl2FN4OS/c1-11-3-2-4-13-9-15(20(24)27-18(11)13)19-17(23)21(30)29(19)28-22-26-16(10-31-22)12-5-7-14(25)8-6-12/h2-10,17,19H,1H3,(H,26,28). The Morgan fingerprint density at radius 3 is 2.71 bits per heavy atom. The Labute approximate surface area is 191 Å². The molecule has 0 radical (unpaired) electrons. The molecule has 1 fully saturated rings. The van der Waals surface area contributed by atoms with Gasteiger partial charge in [-0.25, -0.2) is 19.4 Å². The molecule has 2 aromatic heterocycles. The van der Waals surface area contributed by atoms with Crippen molar-refractivity contribution < 1.29 is 9.18 Å². The third-order valence-electron chi connectivity index (χ3n) is 5.24. The fourth-order valence-electron chi connectivity index (χ4n) is 3.60. The number of fused-ring (bicyclic) bond motifs is 1. The van der Waals surface area contributed by atoms with E-state index in [9.17, 15) is 9.18 Å². The van der Waals surface area contributed by atoms with Gasteiger partial charge in [0.15, 0.2) is 0 Å². The molecule has 0 spiro atoms. The summed E-state index contributed by atoms with van der Waals surface area (Å²) in [4.78, 5) is 21.5. The average Bonchev–Trinajstić information content (AvgIpc) is 3.23. The van der Waals surface area contributed by atoms with E-state index in [4.69, 9.17) is 23.2 Å². The monoisotopic (exact) mass is 472 g/mol. The van der Waals surface area contributed by atoms with Crippen LogP contribution in [0.25, 0.3) is 22.2 Å². The average molecular weight is 473 g/mol. The molecule has 1 amide bonds. The first-order valence-electron chi connectivity index (χ1n) is 9.43. The summed E-state index contributed by atoms with van der Waals surface area (Å²) in [7, 11) is 0. The highest BCUT2D eigenvalue weighted by atomic mass is 35.5. The lowest BCUT2D eigenvalue weighted by molar-refractivity contribution is -0.143. The SMILES string of the molecule is Cc1cccc2cc(C3C(Cl)C(=O)N3Nc3nc(-c4ccc(F)cc4)cs3)c(Cl)nc12. The molecule has 3 heterocycles. The Balaban J connectivity index is 1.44. The van der Waals surface area contributed by atoms with Crippen LogP contribution in [0.2, 0.25) is 5.15 Å². The largest absolute Gasteiger partial charge is 0.271 e. The quantitative estimate of drug-likeness (QED) is 0.225. The number of alkyl halides is 1. The van der Waals surface area contributed by atoms with Crippen LogP contribution in [-0.2, 0) is 4.79 Å². The van der Waals surface area contributed by atoms with Crippen molar-refractivity contribution in [1.82, 2.24) is 15.0 Å². The molecule has 1 N–H and O–H groups in total. The summed E-state index contributed by atoms with van der Waals surface area (Å²) >= 11 is 14.2. The van der Waals surface area contributed by atoms with Gasteiger partial charge in [-0.15, -0.1) is 22.9 Å². The predicted molar refractivity (Wildman–Crippen MR) is 122 cm³/mol. The third-order valence-corrected chi connectivity index (χ3v) is 6.71. The van der Waals surface area contributed by atoms with E-state index in [0.29, 0.717) is 21.5 Å². The number of β-lactam (4-membered cyclic amide) rings is 1. The highest BCUT2D eigenvalue weighted by Gasteiger charge is 2.49. The number of aromatic nitrogens is 2. The maximum Gasteiger partial charge on any atom is 0.262 e. The Kier molecular flexibility index (Phi) is 5.04. The van der Waals surface area contributed by atoms with E-state index >= 15 is 0 Å². The number of halogens is 3. The van der Waals surface area contributed by atoms with Crippen LogP contribution in [0.3, 0.4) is 0 Å². The van der Waals surface area contributed by atoms with Crippen LogP contribution in [0.4, 0.5) is 9.52 Å². The van der Waals surface area contributed by atoms with Crippen molar-refractivity contribution in [1.29, 1.82) is 0 Å². The number of carbonyl (C=O) groups excluding carboxylic acids is 1. The minimum atomic E-state index is -0.759. The number of pyridine rings is 1. The van der Waals surface area contributed by atoms with Crippen molar-refractivity contribution in [2.24, 2.45) is 0 Å². The van der Waals surface area contributed by atoms with E-state index in [0.717, 1.165) is 22.0 Å². The normalized spacial score (nSPS) is 18.3. The summed E-state index contributed by atoms with van der Waals surface area (Å²) in [5, 5.41) is 4.25. The number of hydrazine groups is 1. The molecule has 1 aliphatic heterocycles. The molecule has 0 saturated carbocycles. The van der Waals surface area contributed by atoms with Crippen LogP contribution in [-0.4, -0.2) is 26.3 Å². The Hall–Kier alpha value is -2.74. The Morgan fingerprint density at radius 1 is 1.16 bits per heavy atom. The van der Waals surface area contributed by atoms with E-state index < -0.39 is 11.4 Å². The van der Waals surface area contributed by atoms with Gasteiger partial charge >= 0.3 is 0 Å². The first-order chi connectivity index (χ1) is 14.9. The number of carbonyl (C=O) groups is 1. The molecule has 2 atom stereocenters. The molecule has 1 saturated heterocycles. The lowest BCUT2D eigenvalue weighted by Crippen LogP contribution is -2.58. The van der Waals surface area contributed by atoms with Crippen molar-refractivity contribution in [2.45, 2.75) is 18.3 Å². The summed E-state index contributed by atoms with van der Waals surface area (Å²) in [6, 6.07) is 13.4. The smallest absolute Gasteiger partial charge is 0.262 e. The lowest BCUT2D eigenvalue weighted by Gasteiger charge is -2.44. The predicted octanol–water partition coefficient (Wildman–Crippen LogP) is 5.98. The van der Waals surface area contributed by atoms with Gasteiger partial charge in [-0.2, -0.15) is 0 Å². The fourth-order valence-corrected chi connectivity index (χ4v) is 4.92. The number of amides is 1. The lowest BCUT2D eigenvalue weighted by atomic mass is 9.95. The number of hydrogen-bond acceptors (Lipinski definition) is 5. The molecule has 5 nitrogen and oxygen atoms in total. The minimum Gasteiger partial charge on any atom is -0.271 e. The van der Waals surface area contributed by atoms with Gasteiger partial charge in [0.25, 0.3) is 5.91 Å². The molecule has 0 bridgehead atoms. The van der Waals surface area contributed by atoms with E-state index in [2.05, 4.69) is 15.4 Å². The molecule has 2 aromatic carbocycles. The van der Waals surface area contributed by atoms with Gasteiger partial charge in [-0.05, 0) is 42.8 Å². The number of hydrogen-bond donors (Lipinski definition) is 1. The van der Waals surface area contributed by atoms with Crippen LogP contribution in [0.15, 0.2) is 53.9 Å². The van der Waals surface area contributed by atoms with E-state index in [1.165, 1.54) is 28.5 Å². The van der Waals surface area contributed by atoms with E-state index in [1.807, 2.05) is 36.6 Å². The topological polar surface area (TPSA) is 58.1 Å². The fraction of sp³-hybridized carbons (Fsp3) is 0.136. The number of benzene rings is 2. The highest BCUT2D eigenvalue weighted by Crippen LogP contribution is 2.42. The van der Waals surface area contributed by atoms with E-state index in [1.54, 1.807) is 12.1 Å². The molecule has 1 aliphatic rings. The van der Waals surface area contributed by atoms with Crippen molar-refractivity contribution in [3.05, 3.63) is 76.0 Å². The van der Waals surface area contributed by atoms with Gasteiger partial charge in [0.1, 0.15) is 22.4 Å². The molecule has 2 unspecified atom stereocenters. The van der Waals surface area contributed by atoms with Gasteiger partial charge < -0.3 is 0 Å². The summed E-state index contributed by atoms with van der Waals surface area (Å²) in [6.07, 6.45) is 0. The molecule has 5 rings (SSSR count). The van der Waals surface area contributed by atoms with Crippen molar-refractivity contribution in [2.75, 3.05) is 5.43 Å². The molecule has 156 valence electrons. The van der Waals surface area contributed by atoms with Crippen LogP contribution in [0.5, 0.6) is 0 Å². The number of nitrogens with zero attached hydrogens (tertiary/aromatic N) is 3. The summed E-state index contributed by atoms with van der Waals surface area (Å²) in [6.45, 7) is 1.97. The second kappa shape index (κ2) is 7.75. The van der Waals surface area contributed by atoms with Gasteiger partial charge in [-0.3, -0.25) is 10.2 Å². The second-order valence-corrected chi connectivity index (χ2v) is 8.91. The number of nitrogens with one attached hydrogen (secondary N) is 1. The molecule has 0 aliphatic carbocycles. The maximum atomic E-state index is 13.2. The Bertz CT molecular complexity index is 1310. The highest BCUT2D eigenvalue weighted by molar-refractivity contribution is 7.14. The number of aryl methyl sites for hydroxylation is 1. The third kappa shape index (κ3) is 3.52. The van der Waals surface area contributed by atoms with Crippen molar-refractivity contribution in [3.63, 3.8) is 0 Å². The van der Waals surface area contributed by atoms with Gasteiger partial charge in [0.05, 0.1) is 11.2 Å². The van der Waals surface area contributed by atoms with Gasteiger partial charge in [-0.1, -0.05) is 29.8 Å². The summed E-state index contributed by atoms with van der Waals surface area (Å²) in [5.74, 6) is -0.582. The molecular formula is C22H15Cl2FN4OS. The van der Waals surface area contributed by atoms with Crippen LogP contribution in [0, 0.1) is 12.7 Å². The van der Waals surface area contributed by atoms with Crippen molar-refractivity contribution in [3.8, 4) is 11.3 Å². The zero-order valence-electron chi connectivity index (χ0n) is 16.1. The zero-order valence-corrected chi connectivity index (χ0v) is 18.5. The molecular weight excluding hydrogens is 458 g/mol. The molecule has 9 heteroatoms. The van der Waals surface area contributed by atoms with Gasteiger partial charge in [0.2, 0.25) is 5.13 Å². The molecule has 31 heavy (non-hydrogen) atoms. The van der Waals surface area contributed by atoms with Crippen LogP contribution >= 0.6 is 34.5 Å². The first kappa shape index (κ1) is 20.2. The summed E-state index contributed by atoms with van der Waals surface area (Å²) in [5.41, 5.74) is 7.01. The van der Waals surface area contributed by atoms with E-state index in [-0.39, 0.29) is 11.7 Å². The number of anilines is 1. The zero-order chi connectivity index (χ0) is 21.7. The van der Waals surface area contributed by atoms with Crippen molar-refractivity contribution >= 4 is 56.5 Å². The second-order valence-electron chi connectivity index (χ2n) is 7.23. The number of rotatable bonds is 4. The first-order valence-corrected chi connectivity index (χ1v) is 11.1. The number of para-hydroxylation sites is 1. The van der Waals surface area contributed by atoms with Gasteiger partial charge in [0, 0.05) is 21.9 Å². The van der Waals surface area contributed by atoms with Crippen LogP contribution in [0.1, 0.15) is 17.2 Å². The maximum absolute atomic E-state index is 13.2. The summed E-state index contributed by atoms with van der Waals surface area (Å²) < 4.78 is 13.2. The van der Waals surface area contributed by atoms with Crippen LogP contribution < -0.4 is 5.43 Å². The Morgan fingerprint density at radius 2 is 1.94 bits per heavy atom. The molecule has 4 aromatic rings. The minimum absolute atomic E-state index is 0.273.